The molecule has 2 aliphatic heterocycles. The summed E-state index contributed by atoms with van der Waals surface area (Å²) in [4.78, 5) is 25.9. The molecule has 2 saturated heterocycles. The number of hydrogen-bond acceptors (Lipinski definition) is 6. The molecule has 2 aromatic rings. The van der Waals surface area contributed by atoms with E-state index in [-0.39, 0.29) is 11.5 Å². The molecule has 0 saturated carbocycles. The first-order valence-corrected chi connectivity index (χ1v) is 10.1. The standard InChI is InChI=1S/C20H28N6O2/c1-3-26-9-4-17(23-26)15-25-12-13-28-20(14-18(25)27)5-10-24(11-6-20)19-16(2)21-7-8-22-19/h4,7-9H,3,5-6,10-15H2,1-2H3. The molecule has 28 heavy (non-hydrogen) atoms. The third kappa shape index (κ3) is 3.87. The van der Waals surface area contributed by atoms with Gasteiger partial charge in [-0.1, -0.05) is 0 Å². The van der Waals surface area contributed by atoms with Gasteiger partial charge in [-0.2, -0.15) is 5.10 Å². The summed E-state index contributed by atoms with van der Waals surface area (Å²) < 4.78 is 8.15. The Labute approximate surface area is 165 Å². The van der Waals surface area contributed by atoms with Crippen molar-refractivity contribution in [1.82, 2.24) is 24.6 Å². The molecular formula is C20H28N6O2. The van der Waals surface area contributed by atoms with E-state index in [2.05, 4.69) is 26.9 Å². The summed E-state index contributed by atoms with van der Waals surface area (Å²) in [6, 6.07) is 1.99. The summed E-state index contributed by atoms with van der Waals surface area (Å²) >= 11 is 0. The monoisotopic (exact) mass is 384 g/mol. The van der Waals surface area contributed by atoms with E-state index in [1.807, 2.05) is 28.8 Å². The second-order valence-electron chi connectivity index (χ2n) is 7.64. The molecule has 0 aliphatic carbocycles. The number of hydrogen-bond donors (Lipinski definition) is 0. The predicted molar refractivity (Wildman–Crippen MR) is 105 cm³/mol. The lowest BCUT2D eigenvalue weighted by atomic mass is 9.87. The average molecular weight is 384 g/mol. The van der Waals surface area contributed by atoms with Crippen LogP contribution in [0.25, 0.3) is 0 Å². The molecular weight excluding hydrogens is 356 g/mol. The molecule has 4 rings (SSSR count). The molecule has 0 atom stereocenters. The Bertz CT molecular complexity index is 828. The van der Waals surface area contributed by atoms with Gasteiger partial charge in [0.2, 0.25) is 5.91 Å². The largest absolute Gasteiger partial charge is 0.372 e. The van der Waals surface area contributed by atoms with Crippen molar-refractivity contribution >= 4 is 11.7 Å². The second kappa shape index (κ2) is 7.87. The van der Waals surface area contributed by atoms with Crippen LogP contribution in [0.5, 0.6) is 0 Å². The van der Waals surface area contributed by atoms with E-state index in [0.29, 0.717) is 26.1 Å². The number of carbonyl (C=O) groups is 1. The van der Waals surface area contributed by atoms with E-state index in [1.54, 1.807) is 12.4 Å². The first-order chi connectivity index (χ1) is 13.6. The maximum atomic E-state index is 12.9. The van der Waals surface area contributed by atoms with E-state index in [0.717, 1.165) is 49.7 Å². The highest BCUT2D eigenvalue weighted by atomic mass is 16.5. The van der Waals surface area contributed by atoms with E-state index in [1.165, 1.54) is 0 Å². The van der Waals surface area contributed by atoms with Crippen molar-refractivity contribution < 1.29 is 9.53 Å². The van der Waals surface area contributed by atoms with Crippen molar-refractivity contribution in [3.05, 3.63) is 36.0 Å². The van der Waals surface area contributed by atoms with Gasteiger partial charge in [0.1, 0.15) is 5.82 Å². The highest BCUT2D eigenvalue weighted by molar-refractivity contribution is 5.77. The van der Waals surface area contributed by atoms with Crippen LogP contribution in [0.4, 0.5) is 5.82 Å². The molecule has 0 aromatic carbocycles. The van der Waals surface area contributed by atoms with Crippen molar-refractivity contribution in [2.24, 2.45) is 0 Å². The van der Waals surface area contributed by atoms with Gasteiger partial charge in [-0.05, 0) is 32.8 Å². The number of rotatable bonds is 4. The number of aromatic nitrogens is 4. The molecule has 8 nitrogen and oxygen atoms in total. The number of aryl methyl sites for hydroxylation is 2. The SMILES string of the molecule is CCn1ccc(CN2CCOC3(CCN(c4nccnc4C)CC3)CC2=O)n1. The van der Waals surface area contributed by atoms with Crippen LogP contribution in [0.2, 0.25) is 0 Å². The van der Waals surface area contributed by atoms with Crippen LogP contribution in [-0.2, 0) is 22.6 Å². The molecule has 2 fully saturated rings. The van der Waals surface area contributed by atoms with Gasteiger partial charge < -0.3 is 14.5 Å². The molecule has 0 bridgehead atoms. The number of piperidine rings is 1. The van der Waals surface area contributed by atoms with Gasteiger partial charge in [-0.25, -0.2) is 4.98 Å². The molecule has 0 N–H and O–H groups in total. The fourth-order valence-electron chi connectivity index (χ4n) is 4.12. The van der Waals surface area contributed by atoms with Crippen LogP contribution >= 0.6 is 0 Å². The van der Waals surface area contributed by atoms with Crippen molar-refractivity contribution in [2.45, 2.75) is 51.8 Å². The lowest BCUT2D eigenvalue weighted by Crippen LogP contribution is -2.47. The number of nitrogens with zero attached hydrogens (tertiary/aromatic N) is 6. The van der Waals surface area contributed by atoms with Gasteiger partial charge in [0.05, 0.1) is 36.6 Å². The topological polar surface area (TPSA) is 76.4 Å². The molecule has 2 aromatic heterocycles. The summed E-state index contributed by atoms with van der Waals surface area (Å²) in [5, 5.41) is 4.51. The summed E-state index contributed by atoms with van der Waals surface area (Å²) in [5.74, 6) is 1.10. The summed E-state index contributed by atoms with van der Waals surface area (Å²) in [5.41, 5.74) is 1.51. The van der Waals surface area contributed by atoms with Crippen molar-refractivity contribution in [2.75, 3.05) is 31.1 Å². The highest BCUT2D eigenvalue weighted by Gasteiger charge is 2.41. The fourth-order valence-corrected chi connectivity index (χ4v) is 4.12. The zero-order valence-corrected chi connectivity index (χ0v) is 16.7. The van der Waals surface area contributed by atoms with Gasteiger partial charge >= 0.3 is 0 Å². The Morgan fingerprint density at radius 3 is 2.68 bits per heavy atom. The molecule has 8 heteroatoms. The fraction of sp³-hybridized carbons (Fsp3) is 0.600. The Morgan fingerprint density at radius 1 is 1.18 bits per heavy atom. The van der Waals surface area contributed by atoms with Gasteiger partial charge in [-0.3, -0.25) is 14.5 Å². The molecule has 2 aliphatic rings. The average Bonchev–Trinajstić information content (AvgIpc) is 3.10. The van der Waals surface area contributed by atoms with Crippen molar-refractivity contribution in [3.8, 4) is 0 Å². The van der Waals surface area contributed by atoms with Crippen LogP contribution in [0.15, 0.2) is 24.7 Å². The third-order valence-corrected chi connectivity index (χ3v) is 5.80. The smallest absolute Gasteiger partial charge is 0.225 e. The molecule has 150 valence electrons. The molecule has 0 unspecified atom stereocenters. The van der Waals surface area contributed by atoms with E-state index >= 15 is 0 Å². The summed E-state index contributed by atoms with van der Waals surface area (Å²) in [7, 11) is 0. The minimum absolute atomic E-state index is 0.160. The lowest BCUT2D eigenvalue weighted by molar-refractivity contribution is -0.134. The van der Waals surface area contributed by atoms with E-state index in [9.17, 15) is 4.79 Å². The molecule has 1 spiro atoms. The normalized spacial score (nSPS) is 19.9. The number of ether oxygens (including phenoxy) is 1. The Balaban J connectivity index is 1.39. The summed E-state index contributed by atoms with van der Waals surface area (Å²) in [6.07, 6.45) is 7.50. The zero-order chi connectivity index (χ0) is 19.6. The lowest BCUT2D eigenvalue weighted by Gasteiger charge is -2.41. The molecule has 0 radical (unpaired) electrons. The Hall–Kier alpha value is -2.48. The molecule has 1 amide bonds. The number of amides is 1. The first-order valence-electron chi connectivity index (χ1n) is 10.1. The van der Waals surface area contributed by atoms with Crippen molar-refractivity contribution in [3.63, 3.8) is 0 Å². The van der Waals surface area contributed by atoms with E-state index < -0.39 is 0 Å². The number of carbonyl (C=O) groups excluding carboxylic acids is 1. The minimum atomic E-state index is -0.360. The number of anilines is 1. The van der Waals surface area contributed by atoms with Crippen LogP contribution in [0, 0.1) is 6.92 Å². The maximum absolute atomic E-state index is 12.9. The highest BCUT2D eigenvalue weighted by Crippen LogP contribution is 2.34. The molecule has 4 heterocycles. The summed E-state index contributed by atoms with van der Waals surface area (Å²) in [6.45, 7) is 8.27. The van der Waals surface area contributed by atoms with Gasteiger partial charge in [0, 0.05) is 44.8 Å². The zero-order valence-electron chi connectivity index (χ0n) is 16.7. The second-order valence-corrected chi connectivity index (χ2v) is 7.64. The first kappa shape index (κ1) is 18.9. The van der Waals surface area contributed by atoms with Gasteiger partial charge in [0.25, 0.3) is 0 Å². The van der Waals surface area contributed by atoms with Gasteiger partial charge in [0.15, 0.2) is 0 Å². The minimum Gasteiger partial charge on any atom is -0.372 e. The van der Waals surface area contributed by atoms with Crippen LogP contribution < -0.4 is 4.90 Å². The van der Waals surface area contributed by atoms with Crippen molar-refractivity contribution in [1.29, 1.82) is 0 Å². The Kier molecular flexibility index (Phi) is 5.30. The quantitative estimate of drug-likeness (QED) is 0.800. The van der Waals surface area contributed by atoms with E-state index in [4.69, 9.17) is 4.74 Å². The predicted octanol–water partition coefficient (Wildman–Crippen LogP) is 1.79. The Morgan fingerprint density at radius 2 is 1.96 bits per heavy atom. The van der Waals surface area contributed by atoms with Crippen LogP contribution in [0.3, 0.4) is 0 Å². The van der Waals surface area contributed by atoms with Crippen LogP contribution in [-0.4, -0.2) is 62.4 Å². The van der Waals surface area contributed by atoms with Crippen LogP contribution in [0.1, 0.15) is 37.6 Å². The maximum Gasteiger partial charge on any atom is 0.225 e. The van der Waals surface area contributed by atoms with Gasteiger partial charge in [-0.15, -0.1) is 0 Å². The third-order valence-electron chi connectivity index (χ3n) is 5.80.